The Kier molecular flexibility index (Phi) is 4.15. The van der Waals surface area contributed by atoms with Crippen molar-refractivity contribution in [3.8, 4) is 11.3 Å². The highest BCUT2D eigenvalue weighted by Crippen LogP contribution is 2.42. The molecule has 1 unspecified atom stereocenters. The van der Waals surface area contributed by atoms with E-state index in [0.29, 0.717) is 5.92 Å². The smallest absolute Gasteiger partial charge is 0.160 e. The van der Waals surface area contributed by atoms with Crippen LogP contribution < -0.4 is 5.32 Å². The van der Waals surface area contributed by atoms with E-state index in [2.05, 4.69) is 29.4 Å². The van der Waals surface area contributed by atoms with E-state index in [1.54, 1.807) is 7.11 Å². The van der Waals surface area contributed by atoms with E-state index < -0.39 is 0 Å². The van der Waals surface area contributed by atoms with Crippen LogP contribution in [0.2, 0.25) is 0 Å². The lowest BCUT2D eigenvalue weighted by molar-refractivity contribution is 0.0774. The van der Waals surface area contributed by atoms with Crippen LogP contribution in [0, 0.1) is 5.92 Å². The van der Waals surface area contributed by atoms with Crippen LogP contribution in [0.15, 0.2) is 36.4 Å². The molecule has 0 amide bonds. The van der Waals surface area contributed by atoms with Crippen molar-refractivity contribution in [2.24, 2.45) is 5.92 Å². The molecule has 110 valence electrons. The summed E-state index contributed by atoms with van der Waals surface area (Å²) in [6.07, 6.45) is 2.41. The summed E-state index contributed by atoms with van der Waals surface area (Å²) in [5.41, 5.74) is 2.05. The van der Waals surface area contributed by atoms with Gasteiger partial charge in [0.15, 0.2) is 5.82 Å². The molecular weight excluding hydrogens is 262 g/mol. The number of hydrogen-bond acceptors (Lipinski definition) is 4. The second-order valence-electron chi connectivity index (χ2n) is 5.39. The van der Waals surface area contributed by atoms with Crippen LogP contribution in [0.1, 0.15) is 31.7 Å². The van der Waals surface area contributed by atoms with Crippen molar-refractivity contribution in [2.75, 3.05) is 19.0 Å². The first-order chi connectivity index (χ1) is 10.3. The summed E-state index contributed by atoms with van der Waals surface area (Å²) in [6, 6.07) is 12.2. The Morgan fingerprint density at radius 2 is 2.00 bits per heavy atom. The third-order valence-corrected chi connectivity index (χ3v) is 3.73. The van der Waals surface area contributed by atoms with E-state index in [4.69, 9.17) is 9.72 Å². The largest absolute Gasteiger partial charge is 0.373 e. The van der Waals surface area contributed by atoms with Gasteiger partial charge < -0.3 is 10.1 Å². The van der Waals surface area contributed by atoms with E-state index in [1.807, 2.05) is 24.3 Å². The van der Waals surface area contributed by atoms with E-state index in [9.17, 15) is 0 Å². The molecule has 1 aliphatic rings. The summed E-state index contributed by atoms with van der Waals surface area (Å²) < 4.78 is 5.63. The second kappa shape index (κ2) is 6.22. The molecule has 1 aromatic carbocycles. The summed E-state index contributed by atoms with van der Waals surface area (Å²) in [7, 11) is 1.74. The van der Waals surface area contributed by atoms with Gasteiger partial charge in [0, 0.05) is 25.3 Å². The maximum Gasteiger partial charge on any atom is 0.160 e. The zero-order valence-electron chi connectivity index (χ0n) is 12.5. The monoisotopic (exact) mass is 283 g/mol. The minimum atomic E-state index is 0.00562. The molecule has 1 saturated carbocycles. The number of methoxy groups -OCH3 is 1. The summed E-state index contributed by atoms with van der Waals surface area (Å²) in [6.45, 7) is 2.91. The fourth-order valence-corrected chi connectivity index (χ4v) is 2.53. The van der Waals surface area contributed by atoms with Crippen molar-refractivity contribution in [3.05, 3.63) is 42.2 Å². The van der Waals surface area contributed by atoms with Gasteiger partial charge in [0.2, 0.25) is 0 Å². The highest BCUT2D eigenvalue weighted by Gasteiger charge is 2.34. The number of benzene rings is 1. The molecule has 0 saturated heterocycles. The molecular formula is C17H21N3O. The summed E-state index contributed by atoms with van der Waals surface area (Å²) in [5.74, 6) is 2.22. The van der Waals surface area contributed by atoms with Crippen molar-refractivity contribution in [1.29, 1.82) is 0 Å². The van der Waals surface area contributed by atoms with Crippen LogP contribution in [0.25, 0.3) is 11.3 Å². The van der Waals surface area contributed by atoms with Gasteiger partial charge in [0.05, 0.1) is 5.69 Å². The van der Waals surface area contributed by atoms with E-state index >= 15 is 0 Å². The normalized spacial score (nSPS) is 15.7. The van der Waals surface area contributed by atoms with Gasteiger partial charge in [-0.1, -0.05) is 30.3 Å². The van der Waals surface area contributed by atoms with Gasteiger partial charge >= 0.3 is 0 Å². The molecule has 0 spiro atoms. The average Bonchev–Trinajstić information content (AvgIpc) is 3.34. The SMILES string of the molecule is CCNc1cc(-c2ccccc2)nc(C(OC)C2CC2)n1. The molecule has 0 radical (unpaired) electrons. The number of anilines is 1. The Labute approximate surface area is 125 Å². The van der Waals surface area contributed by atoms with Crippen LogP contribution in [0.4, 0.5) is 5.82 Å². The maximum atomic E-state index is 5.63. The zero-order valence-corrected chi connectivity index (χ0v) is 12.5. The van der Waals surface area contributed by atoms with E-state index in [-0.39, 0.29) is 6.10 Å². The predicted octanol–water partition coefficient (Wildman–Crippen LogP) is 3.67. The van der Waals surface area contributed by atoms with Crippen LogP contribution in [-0.2, 0) is 4.74 Å². The van der Waals surface area contributed by atoms with Crippen LogP contribution in [-0.4, -0.2) is 23.6 Å². The van der Waals surface area contributed by atoms with Gasteiger partial charge in [-0.25, -0.2) is 9.97 Å². The molecule has 1 atom stereocenters. The summed E-state index contributed by atoms with van der Waals surface area (Å²) in [5, 5.41) is 3.29. The maximum absolute atomic E-state index is 5.63. The van der Waals surface area contributed by atoms with E-state index in [0.717, 1.165) is 29.4 Å². The Bertz CT molecular complexity index is 596. The zero-order chi connectivity index (χ0) is 14.7. The number of nitrogens with zero attached hydrogens (tertiary/aromatic N) is 2. The van der Waals surface area contributed by atoms with Crippen molar-refractivity contribution in [3.63, 3.8) is 0 Å². The lowest BCUT2D eigenvalue weighted by Gasteiger charge is -2.16. The van der Waals surface area contributed by atoms with E-state index in [1.165, 1.54) is 12.8 Å². The predicted molar refractivity (Wildman–Crippen MR) is 84.1 cm³/mol. The first-order valence-corrected chi connectivity index (χ1v) is 7.53. The minimum absolute atomic E-state index is 0.00562. The average molecular weight is 283 g/mol. The molecule has 4 nitrogen and oxygen atoms in total. The molecule has 21 heavy (non-hydrogen) atoms. The fourth-order valence-electron chi connectivity index (χ4n) is 2.53. The summed E-state index contributed by atoms with van der Waals surface area (Å²) in [4.78, 5) is 9.38. The highest BCUT2D eigenvalue weighted by molar-refractivity contribution is 5.62. The molecule has 1 heterocycles. The van der Waals surface area contributed by atoms with Gasteiger partial charge in [0.1, 0.15) is 11.9 Å². The molecule has 1 aliphatic carbocycles. The van der Waals surface area contributed by atoms with Crippen LogP contribution in [0.5, 0.6) is 0 Å². The number of aromatic nitrogens is 2. The van der Waals surface area contributed by atoms with Gasteiger partial charge in [-0.15, -0.1) is 0 Å². The lowest BCUT2D eigenvalue weighted by atomic mass is 10.1. The van der Waals surface area contributed by atoms with Crippen molar-refractivity contribution in [2.45, 2.75) is 25.9 Å². The molecule has 1 N–H and O–H groups in total. The quantitative estimate of drug-likeness (QED) is 0.878. The lowest BCUT2D eigenvalue weighted by Crippen LogP contribution is -2.12. The van der Waals surface area contributed by atoms with Crippen molar-refractivity contribution >= 4 is 5.82 Å². The van der Waals surface area contributed by atoms with Gasteiger partial charge in [0.25, 0.3) is 0 Å². The molecule has 0 bridgehead atoms. The summed E-state index contributed by atoms with van der Waals surface area (Å²) >= 11 is 0. The molecule has 3 rings (SSSR count). The van der Waals surface area contributed by atoms with Gasteiger partial charge in [-0.05, 0) is 25.7 Å². The van der Waals surface area contributed by atoms with Crippen molar-refractivity contribution < 1.29 is 4.74 Å². The Morgan fingerprint density at radius 3 is 2.62 bits per heavy atom. The number of nitrogens with one attached hydrogen (secondary N) is 1. The minimum Gasteiger partial charge on any atom is -0.373 e. The van der Waals surface area contributed by atoms with Crippen LogP contribution >= 0.6 is 0 Å². The van der Waals surface area contributed by atoms with Crippen LogP contribution in [0.3, 0.4) is 0 Å². The van der Waals surface area contributed by atoms with Gasteiger partial charge in [-0.2, -0.15) is 0 Å². The first-order valence-electron chi connectivity index (χ1n) is 7.53. The third kappa shape index (κ3) is 3.22. The first kappa shape index (κ1) is 14.0. The van der Waals surface area contributed by atoms with Gasteiger partial charge in [-0.3, -0.25) is 0 Å². The Hall–Kier alpha value is -1.94. The number of ether oxygens (including phenoxy) is 1. The Morgan fingerprint density at radius 1 is 1.24 bits per heavy atom. The molecule has 2 aromatic rings. The van der Waals surface area contributed by atoms with Crippen molar-refractivity contribution in [1.82, 2.24) is 9.97 Å². The topological polar surface area (TPSA) is 47.0 Å². The Balaban J connectivity index is 2.01. The molecule has 0 aliphatic heterocycles. The third-order valence-electron chi connectivity index (χ3n) is 3.73. The standard InChI is InChI=1S/C17H21N3O/c1-3-18-15-11-14(12-7-5-4-6-8-12)19-17(20-15)16(21-2)13-9-10-13/h4-8,11,13,16H,3,9-10H2,1-2H3,(H,18,19,20). The molecule has 1 aromatic heterocycles. The number of rotatable bonds is 6. The number of hydrogen-bond donors (Lipinski definition) is 1. The highest BCUT2D eigenvalue weighted by atomic mass is 16.5. The fraction of sp³-hybridized carbons (Fsp3) is 0.412. The molecule has 1 fully saturated rings. The molecule has 4 heteroatoms. The second-order valence-corrected chi connectivity index (χ2v) is 5.39.